The van der Waals surface area contributed by atoms with Gasteiger partial charge in [-0.05, 0) is 26.0 Å². The Morgan fingerprint density at radius 2 is 2.10 bits per heavy atom. The SMILES string of the molecule is CC1(C)CN(S(=O)(=O)c2ccc(N)c([N+](=O)[O-])c2)CCO1. The van der Waals surface area contributed by atoms with E-state index in [9.17, 15) is 18.5 Å². The highest BCUT2D eigenvalue weighted by Crippen LogP contribution is 2.28. The zero-order valence-corrected chi connectivity index (χ0v) is 12.6. The van der Waals surface area contributed by atoms with E-state index in [4.69, 9.17) is 10.5 Å². The van der Waals surface area contributed by atoms with Gasteiger partial charge in [0, 0.05) is 19.2 Å². The minimum atomic E-state index is -3.81. The van der Waals surface area contributed by atoms with Gasteiger partial charge in [0.05, 0.1) is 22.0 Å². The van der Waals surface area contributed by atoms with Gasteiger partial charge in [0.15, 0.2) is 0 Å². The first kappa shape index (κ1) is 15.7. The second kappa shape index (κ2) is 5.24. The second-order valence-corrected chi connectivity index (χ2v) is 7.36. The van der Waals surface area contributed by atoms with Crippen LogP contribution in [0.2, 0.25) is 0 Å². The van der Waals surface area contributed by atoms with Gasteiger partial charge < -0.3 is 10.5 Å². The van der Waals surface area contributed by atoms with E-state index in [-0.39, 0.29) is 30.3 Å². The zero-order valence-electron chi connectivity index (χ0n) is 11.8. The number of nitro groups is 1. The third kappa shape index (κ3) is 3.14. The molecule has 1 aromatic carbocycles. The van der Waals surface area contributed by atoms with E-state index < -0.39 is 26.2 Å². The van der Waals surface area contributed by atoms with Crippen molar-refractivity contribution in [3.8, 4) is 0 Å². The Bertz CT molecular complexity index is 671. The van der Waals surface area contributed by atoms with Gasteiger partial charge in [-0.25, -0.2) is 8.42 Å². The lowest BCUT2D eigenvalue weighted by Gasteiger charge is -2.37. The van der Waals surface area contributed by atoms with E-state index in [1.165, 1.54) is 16.4 Å². The lowest BCUT2D eigenvalue weighted by Crippen LogP contribution is -2.50. The van der Waals surface area contributed by atoms with Crippen molar-refractivity contribution in [3.05, 3.63) is 28.3 Å². The molecule has 0 radical (unpaired) electrons. The molecule has 1 aliphatic heterocycles. The van der Waals surface area contributed by atoms with Gasteiger partial charge >= 0.3 is 0 Å². The topological polar surface area (TPSA) is 116 Å². The summed E-state index contributed by atoms with van der Waals surface area (Å²) in [7, 11) is -3.81. The van der Waals surface area contributed by atoms with E-state index in [0.717, 1.165) is 6.07 Å². The number of morpholine rings is 1. The van der Waals surface area contributed by atoms with Crippen LogP contribution < -0.4 is 5.73 Å². The summed E-state index contributed by atoms with van der Waals surface area (Å²) >= 11 is 0. The molecule has 116 valence electrons. The zero-order chi connectivity index (χ0) is 15.8. The lowest BCUT2D eigenvalue weighted by molar-refractivity contribution is -0.384. The first-order chi connectivity index (χ1) is 9.63. The Hall–Kier alpha value is -1.71. The minimum absolute atomic E-state index is 0.0683. The number of hydrogen-bond donors (Lipinski definition) is 1. The number of nitrogens with two attached hydrogens (primary N) is 1. The predicted molar refractivity (Wildman–Crippen MR) is 76.3 cm³/mol. The maximum absolute atomic E-state index is 12.6. The van der Waals surface area contributed by atoms with E-state index in [0.29, 0.717) is 0 Å². The van der Waals surface area contributed by atoms with Crippen LogP contribution in [0.3, 0.4) is 0 Å². The highest BCUT2D eigenvalue weighted by Gasteiger charge is 2.35. The molecule has 1 aromatic rings. The van der Waals surface area contributed by atoms with Gasteiger partial charge in [0.2, 0.25) is 10.0 Å². The molecular weight excluding hydrogens is 298 g/mol. The molecule has 1 aliphatic rings. The molecule has 9 heteroatoms. The van der Waals surface area contributed by atoms with Gasteiger partial charge in [0.1, 0.15) is 5.69 Å². The van der Waals surface area contributed by atoms with E-state index in [1.54, 1.807) is 13.8 Å². The molecular formula is C12H17N3O5S. The van der Waals surface area contributed by atoms with Crippen LogP contribution in [0.25, 0.3) is 0 Å². The van der Waals surface area contributed by atoms with Gasteiger partial charge in [-0.3, -0.25) is 10.1 Å². The van der Waals surface area contributed by atoms with Crippen LogP contribution in [-0.2, 0) is 14.8 Å². The fourth-order valence-electron chi connectivity index (χ4n) is 2.17. The number of sulfonamides is 1. The average Bonchev–Trinajstić information content (AvgIpc) is 2.37. The van der Waals surface area contributed by atoms with Crippen molar-refractivity contribution in [1.29, 1.82) is 0 Å². The maximum Gasteiger partial charge on any atom is 0.293 e. The molecule has 0 saturated carbocycles. The predicted octanol–water partition coefficient (Wildman–Crippen LogP) is 0.977. The Balaban J connectivity index is 2.40. The molecule has 2 rings (SSSR count). The molecule has 0 aliphatic carbocycles. The van der Waals surface area contributed by atoms with Crippen molar-refractivity contribution in [2.75, 3.05) is 25.4 Å². The monoisotopic (exact) mass is 315 g/mol. The molecule has 0 unspecified atom stereocenters. The third-order valence-electron chi connectivity index (χ3n) is 3.23. The normalized spacial score (nSPS) is 19.3. The number of hydrogen-bond acceptors (Lipinski definition) is 6. The van der Waals surface area contributed by atoms with Crippen molar-refractivity contribution in [2.45, 2.75) is 24.3 Å². The number of benzene rings is 1. The van der Waals surface area contributed by atoms with Crippen LogP contribution in [0.4, 0.5) is 11.4 Å². The molecule has 0 spiro atoms. The van der Waals surface area contributed by atoms with Gasteiger partial charge in [-0.2, -0.15) is 4.31 Å². The summed E-state index contributed by atoms with van der Waals surface area (Å²) < 4.78 is 31.9. The van der Waals surface area contributed by atoms with Crippen LogP contribution in [-0.4, -0.2) is 42.9 Å². The van der Waals surface area contributed by atoms with E-state index in [1.807, 2.05) is 0 Å². The van der Waals surface area contributed by atoms with E-state index >= 15 is 0 Å². The first-order valence-corrected chi connectivity index (χ1v) is 7.75. The summed E-state index contributed by atoms with van der Waals surface area (Å²) in [6.45, 7) is 4.26. The summed E-state index contributed by atoms with van der Waals surface area (Å²) in [5.74, 6) is 0. The fourth-order valence-corrected chi connectivity index (χ4v) is 3.76. The summed E-state index contributed by atoms with van der Waals surface area (Å²) in [5, 5.41) is 10.9. The van der Waals surface area contributed by atoms with Crippen molar-refractivity contribution < 1.29 is 18.1 Å². The van der Waals surface area contributed by atoms with Crippen molar-refractivity contribution in [2.24, 2.45) is 0 Å². The van der Waals surface area contributed by atoms with Crippen LogP contribution in [0.5, 0.6) is 0 Å². The van der Waals surface area contributed by atoms with E-state index in [2.05, 4.69) is 0 Å². The van der Waals surface area contributed by atoms with Crippen LogP contribution in [0, 0.1) is 10.1 Å². The molecule has 0 bridgehead atoms. The lowest BCUT2D eigenvalue weighted by atomic mass is 10.1. The molecule has 0 aromatic heterocycles. The summed E-state index contributed by atoms with van der Waals surface area (Å²) in [6, 6.07) is 3.50. The highest BCUT2D eigenvalue weighted by atomic mass is 32.2. The molecule has 0 atom stereocenters. The maximum atomic E-state index is 12.6. The molecule has 1 saturated heterocycles. The van der Waals surface area contributed by atoms with Gasteiger partial charge in [-0.1, -0.05) is 0 Å². The Morgan fingerprint density at radius 3 is 2.67 bits per heavy atom. The van der Waals surface area contributed by atoms with Crippen molar-refractivity contribution in [1.82, 2.24) is 4.31 Å². The Kier molecular flexibility index (Phi) is 3.91. The molecule has 1 fully saturated rings. The van der Waals surface area contributed by atoms with Crippen LogP contribution in [0.1, 0.15) is 13.8 Å². The number of rotatable bonds is 3. The van der Waals surface area contributed by atoms with Crippen LogP contribution in [0.15, 0.2) is 23.1 Å². The van der Waals surface area contributed by atoms with Crippen LogP contribution >= 0.6 is 0 Å². The molecule has 0 amide bonds. The Morgan fingerprint density at radius 1 is 1.43 bits per heavy atom. The quantitative estimate of drug-likeness (QED) is 0.505. The molecule has 2 N–H and O–H groups in total. The molecule has 8 nitrogen and oxygen atoms in total. The number of nitrogens with zero attached hydrogens (tertiary/aromatic N) is 2. The number of anilines is 1. The molecule has 1 heterocycles. The average molecular weight is 315 g/mol. The fraction of sp³-hybridized carbons (Fsp3) is 0.500. The smallest absolute Gasteiger partial charge is 0.293 e. The highest BCUT2D eigenvalue weighted by molar-refractivity contribution is 7.89. The van der Waals surface area contributed by atoms with Gasteiger partial charge in [-0.15, -0.1) is 0 Å². The largest absolute Gasteiger partial charge is 0.393 e. The molecule has 21 heavy (non-hydrogen) atoms. The standard InChI is InChI=1S/C12H17N3O5S/c1-12(2)8-14(5-6-20-12)21(18,19)9-3-4-10(13)11(7-9)15(16)17/h3-4,7H,5-6,8,13H2,1-2H3. The number of nitrogen functional groups attached to an aromatic ring is 1. The third-order valence-corrected chi connectivity index (χ3v) is 5.07. The second-order valence-electron chi connectivity index (χ2n) is 5.42. The summed E-state index contributed by atoms with van der Waals surface area (Å²) in [6.07, 6.45) is 0. The minimum Gasteiger partial charge on any atom is -0.393 e. The Labute approximate surface area is 122 Å². The summed E-state index contributed by atoms with van der Waals surface area (Å²) in [4.78, 5) is 10.0. The number of ether oxygens (including phenoxy) is 1. The van der Waals surface area contributed by atoms with Crippen molar-refractivity contribution >= 4 is 21.4 Å². The number of nitro benzene ring substituents is 1. The first-order valence-electron chi connectivity index (χ1n) is 6.31. The van der Waals surface area contributed by atoms with Gasteiger partial charge in [0.25, 0.3) is 5.69 Å². The summed E-state index contributed by atoms with van der Waals surface area (Å²) in [5.41, 5.74) is 4.41. The van der Waals surface area contributed by atoms with Crippen molar-refractivity contribution in [3.63, 3.8) is 0 Å².